The van der Waals surface area contributed by atoms with Crippen LogP contribution in [0.25, 0.3) is 10.9 Å². The zero-order valence-electron chi connectivity index (χ0n) is 10.5. The van der Waals surface area contributed by atoms with E-state index in [4.69, 9.17) is 0 Å². The van der Waals surface area contributed by atoms with E-state index in [0.717, 1.165) is 5.69 Å². The van der Waals surface area contributed by atoms with Crippen LogP contribution in [0.2, 0.25) is 0 Å². The number of nitrogens with one attached hydrogen (secondary N) is 1. The number of aromatic nitrogens is 2. The van der Waals surface area contributed by atoms with E-state index in [1.807, 2.05) is 18.2 Å². The van der Waals surface area contributed by atoms with E-state index in [0.29, 0.717) is 23.0 Å². The number of halogens is 1. The number of benzene rings is 1. The van der Waals surface area contributed by atoms with Crippen molar-refractivity contribution in [1.29, 1.82) is 0 Å². The quantitative estimate of drug-likeness (QED) is 0.718. The van der Waals surface area contributed by atoms with Gasteiger partial charge in [0, 0.05) is 23.3 Å². The molecule has 3 rings (SSSR count). The van der Waals surface area contributed by atoms with Crippen LogP contribution in [0.5, 0.6) is 5.88 Å². The van der Waals surface area contributed by atoms with Crippen LogP contribution in [0.15, 0.2) is 47.6 Å². The van der Waals surface area contributed by atoms with Gasteiger partial charge in [-0.15, -0.1) is 0 Å². The van der Waals surface area contributed by atoms with Crippen molar-refractivity contribution in [2.45, 2.75) is 6.54 Å². The zero-order chi connectivity index (χ0) is 13.9. The van der Waals surface area contributed by atoms with Crippen LogP contribution < -0.4 is 0 Å². The lowest BCUT2D eigenvalue weighted by Gasteiger charge is -1.95. The number of H-pyrrole nitrogens is 1. The number of nitrogens with zero attached hydrogens (tertiary/aromatic N) is 2. The van der Waals surface area contributed by atoms with Gasteiger partial charge in [-0.1, -0.05) is 6.07 Å². The number of hydrogen-bond donors (Lipinski definition) is 2. The van der Waals surface area contributed by atoms with Crippen molar-refractivity contribution in [2.75, 3.05) is 0 Å². The lowest BCUT2D eigenvalue weighted by Crippen LogP contribution is -1.87. The summed E-state index contributed by atoms with van der Waals surface area (Å²) in [5.74, 6) is -0.369. The Labute approximate surface area is 114 Å². The standard InChI is InChI=1S/C15H12FN3O/c16-10-4-5-14-12(7-10)13(15(20)19-14)9-17-8-11-3-1-2-6-18-11/h1-7,9,19-20H,8H2. The highest BCUT2D eigenvalue weighted by atomic mass is 19.1. The first-order valence-electron chi connectivity index (χ1n) is 6.14. The van der Waals surface area contributed by atoms with Gasteiger partial charge in [-0.05, 0) is 30.3 Å². The summed E-state index contributed by atoms with van der Waals surface area (Å²) in [5, 5.41) is 10.4. The van der Waals surface area contributed by atoms with Gasteiger partial charge in [-0.3, -0.25) is 9.98 Å². The number of aromatic amines is 1. The number of pyridine rings is 1. The maximum Gasteiger partial charge on any atom is 0.198 e. The Balaban J connectivity index is 1.90. The molecule has 1 aromatic carbocycles. The van der Waals surface area contributed by atoms with Crippen molar-refractivity contribution in [3.8, 4) is 5.88 Å². The maximum absolute atomic E-state index is 13.3. The van der Waals surface area contributed by atoms with Crippen molar-refractivity contribution in [2.24, 2.45) is 4.99 Å². The molecule has 0 spiro atoms. The first-order chi connectivity index (χ1) is 9.74. The zero-order valence-corrected chi connectivity index (χ0v) is 10.5. The van der Waals surface area contributed by atoms with Gasteiger partial charge < -0.3 is 10.1 Å². The maximum atomic E-state index is 13.3. The molecule has 0 radical (unpaired) electrons. The molecule has 2 aromatic heterocycles. The van der Waals surface area contributed by atoms with Crippen molar-refractivity contribution >= 4 is 17.1 Å². The Morgan fingerprint density at radius 3 is 3.00 bits per heavy atom. The minimum atomic E-state index is -0.351. The van der Waals surface area contributed by atoms with E-state index in [1.54, 1.807) is 12.3 Å². The van der Waals surface area contributed by atoms with E-state index in [-0.39, 0.29) is 11.7 Å². The van der Waals surface area contributed by atoms with Crippen molar-refractivity contribution in [3.05, 3.63) is 59.7 Å². The number of rotatable bonds is 3. The van der Waals surface area contributed by atoms with Gasteiger partial charge in [-0.25, -0.2) is 4.39 Å². The van der Waals surface area contributed by atoms with Crippen molar-refractivity contribution < 1.29 is 9.50 Å². The number of fused-ring (bicyclic) bond motifs is 1. The van der Waals surface area contributed by atoms with E-state index >= 15 is 0 Å². The number of aliphatic imine (C=N–C) groups is 1. The van der Waals surface area contributed by atoms with E-state index < -0.39 is 0 Å². The second kappa shape index (κ2) is 5.13. The average Bonchev–Trinajstić information content (AvgIpc) is 2.76. The fourth-order valence-corrected chi connectivity index (χ4v) is 2.02. The predicted octanol–water partition coefficient (Wildman–Crippen LogP) is 3.03. The van der Waals surface area contributed by atoms with E-state index in [2.05, 4.69) is 15.0 Å². The number of hydrogen-bond acceptors (Lipinski definition) is 3. The molecule has 0 amide bonds. The third-order valence-electron chi connectivity index (χ3n) is 2.98. The normalized spacial score (nSPS) is 11.4. The molecule has 0 aliphatic heterocycles. The summed E-state index contributed by atoms with van der Waals surface area (Å²) < 4.78 is 13.3. The van der Waals surface area contributed by atoms with E-state index in [1.165, 1.54) is 18.3 Å². The molecule has 0 saturated heterocycles. The highest BCUT2D eigenvalue weighted by molar-refractivity contribution is 6.01. The summed E-state index contributed by atoms with van der Waals surface area (Å²) in [6, 6.07) is 9.88. The molecule has 0 aliphatic rings. The molecule has 100 valence electrons. The summed E-state index contributed by atoms with van der Waals surface area (Å²) in [6.45, 7) is 0.405. The third-order valence-corrected chi connectivity index (χ3v) is 2.98. The fourth-order valence-electron chi connectivity index (χ4n) is 2.02. The van der Waals surface area contributed by atoms with Gasteiger partial charge in [0.1, 0.15) is 5.82 Å². The molecule has 0 fully saturated rings. The Morgan fingerprint density at radius 1 is 1.30 bits per heavy atom. The molecule has 3 aromatic rings. The molecule has 2 heterocycles. The van der Waals surface area contributed by atoms with Gasteiger partial charge in [0.25, 0.3) is 0 Å². The van der Waals surface area contributed by atoms with Gasteiger partial charge >= 0.3 is 0 Å². The Kier molecular flexibility index (Phi) is 3.16. The first kappa shape index (κ1) is 12.3. The van der Waals surface area contributed by atoms with Crippen LogP contribution in [-0.4, -0.2) is 21.3 Å². The molecule has 0 bridgehead atoms. The van der Waals surface area contributed by atoms with Gasteiger partial charge in [0.2, 0.25) is 0 Å². The van der Waals surface area contributed by atoms with Crippen molar-refractivity contribution in [1.82, 2.24) is 9.97 Å². The monoisotopic (exact) mass is 269 g/mol. The Morgan fingerprint density at radius 2 is 2.20 bits per heavy atom. The number of aromatic hydroxyl groups is 1. The van der Waals surface area contributed by atoms with Crippen LogP contribution in [0.1, 0.15) is 11.3 Å². The predicted molar refractivity (Wildman–Crippen MR) is 75.5 cm³/mol. The topological polar surface area (TPSA) is 61.3 Å². The smallest absolute Gasteiger partial charge is 0.198 e. The van der Waals surface area contributed by atoms with Crippen molar-refractivity contribution in [3.63, 3.8) is 0 Å². The highest BCUT2D eigenvalue weighted by Gasteiger charge is 2.09. The molecule has 2 N–H and O–H groups in total. The summed E-state index contributed by atoms with van der Waals surface area (Å²) in [4.78, 5) is 11.2. The highest BCUT2D eigenvalue weighted by Crippen LogP contribution is 2.26. The fraction of sp³-hybridized carbons (Fsp3) is 0.0667. The average molecular weight is 269 g/mol. The summed E-state index contributed by atoms with van der Waals surface area (Å²) in [5.41, 5.74) is 1.98. The van der Waals surface area contributed by atoms with Crippen LogP contribution in [0.4, 0.5) is 4.39 Å². The third kappa shape index (κ3) is 2.38. The molecule has 5 heteroatoms. The van der Waals surface area contributed by atoms with Gasteiger partial charge in [0.15, 0.2) is 5.88 Å². The lowest BCUT2D eigenvalue weighted by atomic mass is 10.2. The largest absolute Gasteiger partial charge is 0.494 e. The van der Waals surface area contributed by atoms with Crippen LogP contribution >= 0.6 is 0 Å². The SMILES string of the molecule is Oc1[nH]c2ccc(F)cc2c1C=NCc1ccccn1. The molecular weight excluding hydrogens is 257 g/mol. The summed E-state index contributed by atoms with van der Waals surface area (Å²) >= 11 is 0. The summed E-state index contributed by atoms with van der Waals surface area (Å²) in [7, 11) is 0. The van der Waals surface area contributed by atoms with Gasteiger partial charge in [-0.2, -0.15) is 0 Å². The minimum Gasteiger partial charge on any atom is -0.494 e. The summed E-state index contributed by atoms with van der Waals surface area (Å²) in [6.07, 6.45) is 3.23. The molecule has 0 atom stereocenters. The van der Waals surface area contributed by atoms with Crippen LogP contribution in [0.3, 0.4) is 0 Å². The Hall–Kier alpha value is -2.69. The van der Waals surface area contributed by atoms with Crippen LogP contribution in [-0.2, 0) is 6.54 Å². The second-order valence-electron chi connectivity index (χ2n) is 4.37. The molecule has 20 heavy (non-hydrogen) atoms. The molecule has 0 unspecified atom stereocenters. The molecule has 0 aliphatic carbocycles. The second-order valence-corrected chi connectivity index (χ2v) is 4.37. The first-order valence-corrected chi connectivity index (χ1v) is 6.14. The van der Waals surface area contributed by atoms with Gasteiger partial charge in [0.05, 0.1) is 17.8 Å². The lowest BCUT2D eigenvalue weighted by molar-refractivity contribution is 0.457. The van der Waals surface area contributed by atoms with Crippen LogP contribution in [0, 0.1) is 5.82 Å². The van der Waals surface area contributed by atoms with E-state index in [9.17, 15) is 9.50 Å². The molecular formula is C15H12FN3O. The molecule has 4 nitrogen and oxygen atoms in total. The molecule has 0 saturated carbocycles. The Bertz CT molecular complexity index is 765. The minimum absolute atomic E-state index is 0.0182.